The lowest BCUT2D eigenvalue weighted by Gasteiger charge is -2.34. The molecular formula is C38H32N4. The van der Waals surface area contributed by atoms with Gasteiger partial charge in [0.2, 0.25) is 0 Å². The molecule has 0 unspecified atom stereocenters. The van der Waals surface area contributed by atoms with Crippen molar-refractivity contribution in [1.29, 1.82) is 0 Å². The number of para-hydroxylation sites is 2. The molecule has 204 valence electrons. The summed E-state index contributed by atoms with van der Waals surface area (Å²) in [4.78, 5) is 10.0. The molecule has 42 heavy (non-hydrogen) atoms. The third kappa shape index (κ3) is 4.24. The van der Waals surface area contributed by atoms with Crippen LogP contribution >= 0.6 is 0 Å². The zero-order chi connectivity index (χ0) is 27.9. The fraction of sp³-hybridized carbons (Fsp3) is 0.105. The van der Waals surface area contributed by atoms with E-state index in [4.69, 9.17) is 0 Å². The molecule has 6 aromatic rings. The number of hydrogen-bond acceptors (Lipinski definition) is 4. The third-order valence-corrected chi connectivity index (χ3v) is 8.54. The van der Waals surface area contributed by atoms with Crippen molar-refractivity contribution in [1.82, 2.24) is 0 Å². The molecule has 0 spiro atoms. The normalized spacial score (nSPS) is 15.4. The van der Waals surface area contributed by atoms with E-state index in [2.05, 4.69) is 165 Å². The van der Waals surface area contributed by atoms with E-state index in [-0.39, 0.29) is 0 Å². The summed E-state index contributed by atoms with van der Waals surface area (Å²) >= 11 is 0. The second-order valence-corrected chi connectivity index (χ2v) is 11.0. The monoisotopic (exact) mass is 544 g/mol. The van der Waals surface area contributed by atoms with Gasteiger partial charge in [0.05, 0.1) is 0 Å². The molecule has 2 aliphatic heterocycles. The van der Waals surface area contributed by atoms with Crippen LogP contribution in [0.1, 0.15) is 0 Å². The highest BCUT2D eigenvalue weighted by Crippen LogP contribution is 2.41. The molecule has 0 N–H and O–H groups in total. The van der Waals surface area contributed by atoms with Gasteiger partial charge in [-0.3, -0.25) is 0 Å². The van der Waals surface area contributed by atoms with Gasteiger partial charge in [-0.1, -0.05) is 97.1 Å². The molecule has 6 aromatic carbocycles. The predicted molar refractivity (Wildman–Crippen MR) is 177 cm³/mol. The Bertz CT molecular complexity index is 1780. The molecule has 0 radical (unpaired) electrons. The van der Waals surface area contributed by atoms with Crippen molar-refractivity contribution in [3.8, 4) is 0 Å². The average molecular weight is 545 g/mol. The summed E-state index contributed by atoms with van der Waals surface area (Å²) < 4.78 is 0. The van der Waals surface area contributed by atoms with Crippen molar-refractivity contribution >= 4 is 44.3 Å². The van der Waals surface area contributed by atoms with Gasteiger partial charge in [0.25, 0.3) is 0 Å². The van der Waals surface area contributed by atoms with Crippen LogP contribution < -0.4 is 19.6 Å². The molecule has 0 atom stereocenters. The lowest BCUT2D eigenvalue weighted by Crippen LogP contribution is -2.34. The van der Waals surface area contributed by atoms with Crippen LogP contribution in [0.25, 0.3) is 21.5 Å². The molecular weight excluding hydrogens is 512 g/mol. The molecule has 4 nitrogen and oxygen atoms in total. The number of rotatable bonds is 4. The highest BCUT2D eigenvalue weighted by atomic mass is 15.5. The molecule has 0 saturated carbocycles. The third-order valence-electron chi connectivity index (χ3n) is 8.54. The van der Waals surface area contributed by atoms with Gasteiger partial charge in [-0.15, -0.1) is 0 Å². The molecule has 8 rings (SSSR count). The predicted octanol–water partition coefficient (Wildman–Crippen LogP) is 8.47. The van der Waals surface area contributed by atoms with E-state index in [0.29, 0.717) is 0 Å². The SMILES string of the molecule is c1ccc(N2CCN(c3ccccc3)C2=C2N(c3ccc4ccccc4c3)CCN2c2ccc3ccccc3c2)cc1. The van der Waals surface area contributed by atoms with Crippen LogP contribution in [-0.4, -0.2) is 26.2 Å². The number of nitrogens with zero attached hydrogens (tertiary/aromatic N) is 4. The Morgan fingerprint density at radius 2 is 0.619 bits per heavy atom. The van der Waals surface area contributed by atoms with Crippen molar-refractivity contribution in [2.75, 3.05) is 45.8 Å². The van der Waals surface area contributed by atoms with Crippen LogP contribution in [-0.2, 0) is 0 Å². The zero-order valence-electron chi connectivity index (χ0n) is 23.5. The maximum absolute atomic E-state index is 2.52. The van der Waals surface area contributed by atoms with Crippen molar-refractivity contribution in [3.63, 3.8) is 0 Å². The summed E-state index contributed by atoms with van der Waals surface area (Å²) in [6.07, 6.45) is 0. The largest absolute Gasteiger partial charge is 0.323 e. The molecule has 0 aliphatic carbocycles. The lowest BCUT2D eigenvalue weighted by atomic mass is 10.1. The molecule has 2 fully saturated rings. The van der Waals surface area contributed by atoms with Crippen LogP contribution in [0.2, 0.25) is 0 Å². The van der Waals surface area contributed by atoms with E-state index in [1.54, 1.807) is 0 Å². The standard InChI is InChI=1S/C38H32N4/c1-3-15-33(16-4-1)39-23-24-40(34-17-5-2-6-18-34)37(39)38-41(35-21-19-29-11-7-9-13-31(29)27-35)25-26-42(38)36-22-20-30-12-8-10-14-32(30)28-36/h1-22,27-28H,23-26H2. The van der Waals surface area contributed by atoms with Gasteiger partial charge in [-0.25, -0.2) is 0 Å². The first-order valence-electron chi connectivity index (χ1n) is 14.8. The number of anilines is 4. The summed E-state index contributed by atoms with van der Waals surface area (Å²) in [5, 5.41) is 5.04. The minimum atomic E-state index is 0.898. The average Bonchev–Trinajstić information content (AvgIpc) is 3.70. The first kappa shape index (κ1) is 24.6. The van der Waals surface area contributed by atoms with Crippen LogP contribution in [0.3, 0.4) is 0 Å². The summed E-state index contributed by atoms with van der Waals surface area (Å²) in [6.45, 7) is 3.62. The van der Waals surface area contributed by atoms with E-state index in [9.17, 15) is 0 Å². The van der Waals surface area contributed by atoms with E-state index < -0.39 is 0 Å². The van der Waals surface area contributed by atoms with Gasteiger partial charge < -0.3 is 19.6 Å². The minimum absolute atomic E-state index is 0.898. The summed E-state index contributed by atoms with van der Waals surface area (Å²) in [6, 6.07) is 52.7. The van der Waals surface area contributed by atoms with Crippen LogP contribution in [0, 0.1) is 0 Å². The molecule has 2 aliphatic rings. The molecule has 0 aromatic heterocycles. The summed E-state index contributed by atoms with van der Waals surface area (Å²) in [5.74, 6) is 2.43. The number of hydrogen-bond donors (Lipinski definition) is 0. The van der Waals surface area contributed by atoms with Crippen molar-refractivity contribution in [3.05, 3.63) is 157 Å². The second kappa shape index (κ2) is 10.3. The van der Waals surface area contributed by atoms with E-state index in [1.165, 1.54) is 55.9 Å². The van der Waals surface area contributed by atoms with Crippen molar-refractivity contribution < 1.29 is 0 Å². The van der Waals surface area contributed by atoms with Crippen LogP contribution in [0.5, 0.6) is 0 Å². The van der Waals surface area contributed by atoms with Gasteiger partial charge in [0.15, 0.2) is 11.6 Å². The minimum Gasteiger partial charge on any atom is -0.323 e. The van der Waals surface area contributed by atoms with Crippen LogP contribution in [0.4, 0.5) is 22.7 Å². The first-order chi connectivity index (χ1) is 20.8. The molecule has 0 bridgehead atoms. The number of benzene rings is 6. The second-order valence-electron chi connectivity index (χ2n) is 11.0. The topological polar surface area (TPSA) is 13.0 Å². The van der Waals surface area contributed by atoms with Gasteiger partial charge >= 0.3 is 0 Å². The van der Waals surface area contributed by atoms with E-state index in [0.717, 1.165) is 26.2 Å². The smallest absolute Gasteiger partial charge is 0.156 e. The number of fused-ring (bicyclic) bond motifs is 2. The molecule has 4 heteroatoms. The lowest BCUT2D eigenvalue weighted by molar-refractivity contribution is 0.967. The Morgan fingerprint density at radius 1 is 0.286 bits per heavy atom. The van der Waals surface area contributed by atoms with E-state index >= 15 is 0 Å². The summed E-state index contributed by atoms with van der Waals surface area (Å²) in [5.41, 5.74) is 4.85. The van der Waals surface area contributed by atoms with Crippen LogP contribution in [0.15, 0.2) is 157 Å². The Kier molecular flexibility index (Phi) is 6.03. The van der Waals surface area contributed by atoms with Gasteiger partial charge in [0, 0.05) is 48.9 Å². The Labute approximate surface area is 246 Å². The fourth-order valence-electron chi connectivity index (χ4n) is 6.51. The highest BCUT2D eigenvalue weighted by Gasteiger charge is 2.38. The highest BCUT2D eigenvalue weighted by molar-refractivity contribution is 5.89. The Hall–Kier alpha value is -5.22. The fourth-order valence-corrected chi connectivity index (χ4v) is 6.51. The molecule has 0 amide bonds. The Morgan fingerprint density at radius 3 is 1.02 bits per heavy atom. The van der Waals surface area contributed by atoms with E-state index in [1.807, 2.05) is 0 Å². The zero-order valence-corrected chi connectivity index (χ0v) is 23.5. The van der Waals surface area contributed by atoms with Crippen molar-refractivity contribution in [2.24, 2.45) is 0 Å². The van der Waals surface area contributed by atoms with Gasteiger partial charge in [0.1, 0.15) is 0 Å². The van der Waals surface area contributed by atoms with Crippen molar-refractivity contribution in [2.45, 2.75) is 0 Å². The molecule has 2 heterocycles. The summed E-state index contributed by atoms with van der Waals surface area (Å²) in [7, 11) is 0. The van der Waals surface area contributed by atoms with Gasteiger partial charge in [-0.2, -0.15) is 0 Å². The quantitative estimate of drug-likeness (QED) is 0.221. The maximum Gasteiger partial charge on any atom is 0.156 e. The Balaban J connectivity index is 1.37. The van der Waals surface area contributed by atoms with Gasteiger partial charge in [-0.05, 0) is 70.1 Å². The first-order valence-corrected chi connectivity index (χ1v) is 14.8. The molecule has 2 saturated heterocycles. The maximum atomic E-state index is 2.52.